The minimum atomic E-state index is -0.649. The summed E-state index contributed by atoms with van der Waals surface area (Å²) >= 11 is 0. The third-order valence-electron chi connectivity index (χ3n) is 5.01. The number of hydrogen-bond donors (Lipinski definition) is 3. The third-order valence-corrected chi connectivity index (χ3v) is 5.01. The maximum Gasteiger partial charge on any atom is 0.319 e. The van der Waals surface area contributed by atoms with E-state index in [1.165, 1.54) is 0 Å². The molecule has 6 nitrogen and oxygen atoms in total. The summed E-state index contributed by atoms with van der Waals surface area (Å²) in [6, 6.07) is 25.5. The van der Waals surface area contributed by atoms with Crippen molar-refractivity contribution in [1.82, 2.24) is 10.6 Å². The van der Waals surface area contributed by atoms with Gasteiger partial charge in [0.25, 0.3) is 5.91 Å². The summed E-state index contributed by atoms with van der Waals surface area (Å²) in [4.78, 5) is 25.4. The topological polar surface area (TPSA) is 79.5 Å². The van der Waals surface area contributed by atoms with E-state index in [1.54, 1.807) is 6.92 Å². The lowest BCUT2D eigenvalue weighted by molar-refractivity contribution is -0.113. The van der Waals surface area contributed by atoms with E-state index in [9.17, 15) is 9.59 Å². The maximum absolute atomic E-state index is 13.2. The monoisotopic (exact) mass is 413 g/mol. The molecule has 0 aliphatic carbocycles. The van der Waals surface area contributed by atoms with Gasteiger partial charge in [-0.3, -0.25) is 4.79 Å². The Morgan fingerprint density at radius 1 is 0.935 bits per heavy atom. The second-order valence-corrected chi connectivity index (χ2v) is 7.20. The van der Waals surface area contributed by atoms with Crippen LogP contribution in [-0.4, -0.2) is 11.9 Å². The summed E-state index contributed by atoms with van der Waals surface area (Å²) in [5, 5.41) is 8.48. The van der Waals surface area contributed by atoms with Crippen LogP contribution in [0.1, 0.15) is 24.1 Å². The minimum absolute atomic E-state index is 0.293. The highest BCUT2D eigenvalue weighted by Gasteiger charge is 2.33. The molecule has 1 aliphatic rings. The number of hydrogen-bond acceptors (Lipinski definition) is 3. The summed E-state index contributed by atoms with van der Waals surface area (Å²) in [7, 11) is 0. The van der Waals surface area contributed by atoms with Crippen LogP contribution in [0.5, 0.6) is 5.75 Å². The molecule has 156 valence electrons. The van der Waals surface area contributed by atoms with Gasteiger partial charge in [-0.1, -0.05) is 66.7 Å². The molecule has 1 heterocycles. The highest BCUT2D eigenvalue weighted by molar-refractivity contribution is 6.06. The minimum Gasteiger partial charge on any atom is -0.489 e. The zero-order valence-electron chi connectivity index (χ0n) is 17.1. The summed E-state index contributed by atoms with van der Waals surface area (Å²) in [6.45, 7) is 2.10. The number of anilines is 1. The van der Waals surface area contributed by atoms with Gasteiger partial charge in [0.15, 0.2) is 0 Å². The lowest BCUT2D eigenvalue weighted by Gasteiger charge is -2.29. The standard InChI is InChI=1S/C25H23N3O3/c1-17-22(24(29)27-19-12-6-3-7-13-19)23(28-25(30)26-17)20-14-8-9-15-21(20)31-16-18-10-4-2-5-11-18/h2-15,23H,16H2,1H3,(H,27,29)(H2,26,28,30). The van der Waals surface area contributed by atoms with Crippen molar-refractivity contribution in [2.75, 3.05) is 5.32 Å². The Morgan fingerprint density at radius 2 is 1.58 bits per heavy atom. The molecule has 0 saturated heterocycles. The van der Waals surface area contributed by atoms with Gasteiger partial charge in [0.2, 0.25) is 0 Å². The van der Waals surface area contributed by atoms with Gasteiger partial charge < -0.3 is 20.7 Å². The molecule has 0 radical (unpaired) electrons. The fraction of sp³-hybridized carbons (Fsp3) is 0.120. The van der Waals surface area contributed by atoms with Gasteiger partial charge >= 0.3 is 6.03 Å². The van der Waals surface area contributed by atoms with Crippen LogP contribution < -0.4 is 20.7 Å². The molecule has 3 aromatic carbocycles. The summed E-state index contributed by atoms with van der Waals surface area (Å²) < 4.78 is 6.07. The highest BCUT2D eigenvalue weighted by atomic mass is 16.5. The van der Waals surface area contributed by atoms with E-state index in [4.69, 9.17) is 4.74 Å². The molecule has 0 bridgehead atoms. The van der Waals surface area contributed by atoms with Crippen molar-refractivity contribution in [3.8, 4) is 5.75 Å². The Morgan fingerprint density at radius 3 is 2.32 bits per heavy atom. The molecule has 0 aromatic heterocycles. The molecule has 3 N–H and O–H groups in total. The average Bonchev–Trinajstić information content (AvgIpc) is 2.78. The van der Waals surface area contributed by atoms with E-state index >= 15 is 0 Å². The Balaban J connectivity index is 1.64. The first kappa shape index (κ1) is 20.2. The van der Waals surface area contributed by atoms with Crippen LogP contribution in [0.2, 0.25) is 0 Å². The molecular weight excluding hydrogens is 390 g/mol. The first-order valence-electron chi connectivity index (χ1n) is 10.0. The van der Waals surface area contributed by atoms with E-state index in [-0.39, 0.29) is 11.9 Å². The molecule has 1 unspecified atom stereocenters. The zero-order valence-corrected chi connectivity index (χ0v) is 17.1. The summed E-state index contributed by atoms with van der Waals surface area (Å²) in [6.07, 6.45) is 0. The van der Waals surface area contributed by atoms with E-state index in [2.05, 4.69) is 16.0 Å². The molecule has 1 aliphatic heterocycles. The zero-order chi connectivity index (χ0) is 21.6. The first-order valence-corrected chi connectivity index (χ1v) is 10.0. The molecule has 3 amide bonds. The van der Waals surface area contributed by atoms with Crippen LogP contribution >= 0.6 is 0 Å². The number of para-hydroxylation sites is 2. The quantitative estimate of drug-likeness (QED) is 0.555. The maximum atomic E-state index is 13.2. The van der Waals surface area contributed by atoms with Gasteiger partial charge in [0.05, 0.1) is 11.6 Å². The number of urea groups is 1. The van der Waals surface area contributed by atoms with E-state index < -0.39 is 6.04 Å². The van der Waals surface area contributed by atoms with Gasteiger partial charge in [0.1, 0.15) is 12.4 Å². The van der Waals surface area contributed by atoms with E-state index in [0.29, 0.717) is 34.9 Å². The second-order valence-electron chi connectivity index (χ2n) is 7.20. The van der Waals surface area contributed by atoms with Crippen molar-refractivity contribution in [2.45, 2.75) is 19.6 Å². The first-order chi connectivity index (χ1) is 15.1. The Labute approximate surface area is 180 Å². The van der Waals surface area contributed by atoms with Gasteiger partial charge in [-0.05, 0) is 30.7 Å². The predicted molar refractivity (Wildman–Crippen MR) is 119 cm³/mol. The van der Waals surface area contributed by atoms with Crippen LogP contribution in [0, 0.1) is 0 Å². The Bertz CT molecular complexity index is 1110. The van der Waals surface area contributed by atoms with Crippen molar-refractivity contribution in [2.24, 2.45) is 0 Å². The number of carbonyl (C=O) groups is 2. The van der Waals surface area contributed by atoms with Crippen molar-refractivity contribution in [3.05, 3.63) is 107 Å². The van der Waals surface area contributed by atoms with Crippen LogP contribution in [-0.2, 0) is 11.4 Å². The molecule has 6 heteroatoms. The number of benzene rings is 3. The van der Waals surface area contributed by atoms with Crippen molar-refractivity contribution in [3.63, 3.8) is 0 Å². The van der Waals surface area contributed by atoms with E-state index in [1.807, 2.05) is 84.9 Å². The molecule has 3 aromatic rings. The number of rotatable bonds is 6. The van der Waals surface area contributed by atoms with Crippen molar-refractivity contribution in [1.29, 1.82) is 0 Å². The SMILES string of the molecule is CC1=C(C(=O)Nc2ccccc2)C(c2ccccc2OCc2ccccc2)NC(=O)N1. The van der Waals surface area contributed by atoms with Crippen LogP contribution in [0.25, 0.3) is 0 Å². The van der Waals surface area contributed by atoms with Crippen LogP contribution in [0.15, 0.2) is 96.2 Å². The Kier molecular flexibility index (Phi) is 5.98. The molecule has 31 heavy (non-hydrogen) atoms. The van der Waals surface area contributed by atoms with Gasteiger partial charge in [0, 0.05) is 16.9 Å². The average molecular weight is 413 g/mol. The molecule has 0 fully saturated rings. The number of carbonyl (C=O) groups excluding carboxylic acids is 2. The number of nitrogens with one attached hydrogen (secondary N) is 3. The fourth-order valence-corrected chi connectivity index (χ4v) is 3.53. The van der Waals surface area contributed by atoms with Gasteiger partial charge in [-0.15, -0.1) is 0 Å². The summed E-state index contributed by atoms with van der Waals surface area (Å²) in [5.74, 6) is 0.315. The van der Waals surface area contributed by atoms with Crippen LogP contribution in [0.4, 0.5) is 10.5 Å². The largest absolute Gasteiger partial charge is 0.489 e. The fourth-order valence-electron chi connectivity index (χ4n) is 3.53. The lowest BCUT2D eigenvalue weighted by Crippen LogP contribution is -2.46. The smallest absolute Gasteiger partial charge is 0.319 e. The molecule has 0 saturated carbocycles. The second kappa shape index (κ2) is 9.17. The van der Waals surface area contributed by atoms with Crippen molar-refractivity contribution < 1.29 is 14.3 Å². The molecular formula is C25H23N3O3. The Hall–Kier alpha value is -4.06. The number of amides is 3. The normalized spacial score (nSPS) is 15.6. The highest BCUT2D eigenvalue weighted by Crippen LogP contribution is 2.34. The molecule has 1 atom stereocenters. The number of ether oxygens (including phenoxy) is 1. The van der Waals surface area contributed by atoms with Gasteiger partial charge in [-0.25, -0.2) is 4.79 Å². The number of allylic oxidation sites excluding steroid dienone is 1. The van der Waals surface area contributed by atoms with E-state index in [0.717, 1.165) is 5.56 Å². The lowest BCUT2D eigenvalue weighted by atomic mass is 9.94. The van der Waals surface area contributed by atoms with Crippen LogP contribution in [0.3, 0.4) is 0 Å². The summed E-state index contributed by atoms with van der Waals surface area (Å²) in [5.41, 5.74) is 3.35. The third kappa shape index (κ3) is 4.75. The van der Waals surface area contributed by atoms with Crippen molar-refractivity contribution >= 4 is 17.6 Å². The predicted octanol–water partition coefficient (Wildman–Crippen LogP) is 4.53. The molecule has 0 spiro atoms. The molecule has 4 rings (SSSR count). The van der Waals surface area contributed by atoms with Gasteiger partial charge in [-0.2, -0.15) is 0 Å².